The van der Waals surface area contributed by atoms with Gasteiger partial charge in [-0.1, -0.05) is 13.0 Å². The molecule has 0 fully saturated rings. The molecule has 0 aliphatic rings. The lowest BCUT2D eigenvalue weighted by atomic mass is 10.3. The summed E-state index contributed by atoms with van der Waals surface area (Å²) in [5.74, 6) is 0. The monoisotopic (exact) mass is 294 g/mol. The van der Waals surface area contributed by atoms with Crippen molar-refractivity contribution in [3.8, 4) is 0 Å². The number of rotatable bonds is 6. The van der Waals surface area contributed by atoms with Gasteiger partial charge in [-0.25, -0.2) is 13.6 Å². The minimum absolute atomic E-state index is 0.101. The van der Waals surface area contributed by atoms with Gasteiger partial charge in [-0.15, -0.1) is 0 Å². The van der Waals surface area contributed by atoms with Gasteiger partial charge in [0.25, 0.3) is 0 Å². The summed E-state index contributed by atoms with van der Waals surface area (Å²) >= 11 is 0. The minimum Gasteiger partial charge on any atom is -0.379 e. The van der Waals surface area contributed by atoms with Crippen molar-refractivity contribution in [1.82, 2.24) is 9.78 Å². The van der Waals surface area contributed by atoms with Gasteiger partial charge in [-0.3, -0.25) is 4.68 Å². The number of sulfonamides is 1. The largest absolute Gasteiger partial charge is 0.379 e. The molecule has 6 nitrogen and oxygen atoms in total. The first kappa shape index (κ1) is 14.5. The van der Waals surface area contributed by atoms with E-state index in [1.807, 2.05) is 10.7 Å². The topological polar surface area (TPSA) is 90.0 Å². The Labute approximate surface area is 118 Å². The van der Waals surface area contributed by atoms with E-state index in [9.17, 15) is 8.42 Å². The second-order valence-electron chi connectivity index (χ2n) is 4.47. The number of primary sulfonamides is 1. The number of aryl methyl sites for hydroxylation is 1. The summed E-state index contributed by atoms with van der Waals surface area (Å²) in [6.45, 7) is 3.53. The van der Waals surface area contributed by atoms with Crippen molar-refractivity contribution in [3.05, 3.63) is 42.2 Å². The zero-order valence-electron chi connectivity index (χ0n) is 11.3. The molecule has 1 aromatic heterocycles. The molecule has 2 rings (SSSR count). The normalized spacial score (nSPS) is 11.5. The first-order chi connectivity index (χ1) is 9.50. The van der Waals surface area contributed by atoms with E-state index in [2.05, 4.69) is 17.3 Å². The van der Waals surface area contributed by atoms with Gasteiger partial charge < -0.3 is 5.32 Å². The van der Waals surface area contributed by atoms with Crippen molar-refractivity contribution in [2.45, 2.75) is 31.3 Å². The molecule has 0 spiro atoms. The van der Waals surface area contributed by atoms with Gasteiger partial charge >= 0.3 is 0 Å². The summed E-state index contributed by atoms with van der Waals surface area (Å²) in [7, 11) is -3.67. The Balaban J connectivity index is 2.09. The molecule has 2 aromatic rings. The molecule has 0 radical (unpaired) electrons. The van der Waals surface area contributed by atoms with Gasteiger partial charge in [0.2, 0.25) is 10.0 Å². The summed E-state index contributed by atoms with van der Waals surface area (Å²) in [5, 5.41) is 12.5. The van der Waals surface area contributed by atoms with Gasteiger partial charge in [0.15, 0.2) is 0 Å². The number of anilines is 1. The Morgan fingerprint density at radius 3 is 2.85 bits per heavy atom. The van der Waals surface area contributed by atoms with Gasteiger partial charge in [-0.2, -0.15) is 5.10 Å². The predicted molar refractivity (Wildman–Crippen MR) is 77.7 cm³/mol. The second-order valence-corrected chi connectivity index (χ2v) is 6.03. The van der Waals surface area contributed by atoms with E-state index < -0.39 is 10.0 Å². The van der Waals surface area contributed by atoms with Crippen molar-refractivity contribution >= 4 is 15.7 Å². The van der Waals surface area contributed by atoms with E-state index in [1.54, 1.807) is 18.3 Å². The third-order valence-electron chi connectivity index (χ3n) is 2.88. The maximum Gasteiger partial charge on any atom is 0.238 e. The van der Waals surface area contributed by atoms with Crippen LogP contribution in [0.3, 0.4) is 0 Å². The molecular formula is C13H18N4O2S. The smallest absolute Gasteiger partial charge is 0.238 e. The third kappa shape index (κ3) is 3.58. The molecule has 108 valence electrons. The van der Waals surface area contributed by atoms with Crippen LogP contribution in [0.4, 0.5) is 5.69 Å². The molecule has 0 saturated heterocycles. The molecule has 1 aromatic carbocycles. The van der Waals surface area contributed by atoms with Crippen LogP contribution in [0, 0.1) is 0 Å². The number of hydrogen-bond acceptors (Lipinski definition) is 4. The molecule has 1 heterocycles. The van der Waals surface area contributed by atoms with Gasteiger partial charge in [0.05, 0.1) is 17.1 Å². The third-order valence-corrected chi connectivity index (χ3v) is 3.79. The zero-order valence-corrected chi connectivity index (χ0v) is 12.1. The molecule has 0 aliphatic carbocycles. The minimum atomic E-state index is -3.67. The van der Waals surface area contributed by atoms with Crippen LogP contribution in [-0.2, 0) is 23.1 Å². The molecule has 0 aliphatic heterocycles. The van der Waals surface area contributed by atoms with Crippen molar-refractivity contribution in [2.75, 3.05) is 5.32 Å². The maximum atomic E-state index is 11.3. The van der Waals surface area contributed by atoms with E-state index in [-0.39, 0.29) is 4.90 Å². The van der Waals surface area contributed by atoms with Gasteiger partial charge in [-0.05, 0) is 30.7 Å². The highest BCUT2D eigenvalue weighted by atomic mass is 32.2. The van der Waals surface area contributed by atoms with Crippen molar-refractivity contribution < 1.29 is 8.42 Å². The quantitative estimate of drug-likeness (QED) is 0.846. The Morgan fingerprint density at radius 2 is 2.15 bits per heavy atom. The van der Waals surface area contributed by atoms with Crippen LogP contribution in [-0.4, -0.2) is 18.2 Å². The highest BCUT2D eigenvalue weighted by Gasteiger charge is 2.08. The second kappa shape index (κ2) is 6.06. The van der Waals surface area contributed by atoms with Crippen LogP contribution >= 0.6 is 0 Å². The molecule has 0 unspecified atom stereocenters. The zero-order chi connectivity index (χ0) is 14.6. The van der Waals surface area contributed by atoms with Crippen LogP contribution in [0.15, 0.2) is 41.4 Å². The average molecular weight is 294 g/mol. The van der Waals surface area contributed by atoms with Crippen LogP contribution in [0.2, 0.25) is 0 Å². The van der Waals surface area contributed by atoms with Crippen molar-refractivity contribution in [2.24, 2.45) is 5.14 Å². The molecular weight excluding hydrogens is 276 g/mol. The Bertz CT molecular complexity index is 679. The first-order valence-electron chi connectivity index (χ1n) is 6.38. The number of hydrogen-bond donors (Lipinski definition) is 2. The fourth-order valence-corrected chi connectivity index (χ4v) is 2.46. The van der Waals surface area contributed by atoms with Crippen LogP contribution < -0.4 is 10.5 Å². The fourth-order valence-electron chi connectivity index (χ4n) is 1.90. The number of aromatic nitrogens is 2. The number of nitrogens with zero attached hydrogens (tertiary/aromatic N) is 2. The van der Waals surface area contributed by atoms with Crippen molar-refractivity contribution in [3.63, 3.8) is 0 Å². The fraction of sp³-hybridized carbons (Fsp3) is 0.308. The van der Waals surface area contributed by atoms with E-state index >= 15 is 0 Å². The summed E-state index contributed by atoms with van der Waals surface area (Å²) in [6, 6.07) is 8.39. The van der Waals surface area contributed by atoms with E-state index in [1.165, 1.54) is 12.1 Å². The molecule has 20 heavy (non-hydrogen) atoms. The summed E-state index contributed by atoms with van der Waals surface area (Å²) in [6.07, 6.45) is 2.77. The molecule has 0 amide bonds. The number of nitrogens with two attached hydrogens (primary N) is 1. The molecule has 3 N–H and O–H groups in total. The molecule has 7 heteroatoms. The molecule has 0 atom stereocenters. The Hall–Kier alpha value is -1.86. The Morgan fingerprint density at radius 1 is 1.35 bits per heavy atom. The average Bonchev–Trinajstić information content (AvgIpc) is 2.84. The first-order valence-corrected chi connectivity index (χ1v) is 7.93. The standard InChI is InChI=1S/C13H18N4O2S/c1-2-8-17-12(6-7-16-17)10-15-11-4-3-5-13(9-11)20(14,18)19/h3-7,9,15H,2,8,10H2,1H3,(H2,14,18,19). The highest BCUT2D eigenvalue weighted by molar-refractivity contribution is 7.89. The lowest BCUT2D eigenvalue weighted by Crippen LogP contribution is -2.13. The number of benzene rings is 1. The van der Waals surface area contributed by atoms with Crippen LogP contribution in [0.25, 0.3) is 0 Å². The highest BCUT2D eigenvalue weighted by Crippen LogP contribution is 2.15. The van der Waals surface area contributed by atoms with E-state index in [0.29, 0.717) is 12.2 Å². The van der Waals surface area contributed by atoms with Crippen LogP contribution in [0.5, 0.6) is 0 Å². The maximum absolute atomic E-state index is 11.3. The summed E-state index contributed by atoms with van der Waals surface area (Å²) in [4.78, 5) is 0.101. The summed E-state index contributed by atoms with van der Waals surface area (Å²) < 4.78 is 24.5. The molecule has 0 saturated carbocycles. The van der Waals surface area contributed by atoms with Crippen molar-refractivity contribution in [1.29, 1.82) is 0 Å². The van der Waals surface area contributed by atoms with Crippen LogP contribution in [0.1, 0.15) is 19.0 Å². The van der Waals surface area contributed by atoms with Gasteiger partial charge in [0, 0.05) is 18.4 Å². The lowest BCUT2D eigenvalue weighted by Gasteiger charge is -2.09. The molecule has 0 bridgehead atoms. The summed E-state index contributed by atoms with van der Waals surface area (Å²) in [5.41, 5.74) is 1.76. The van der Waals surface area contributed by atoms with E-state index in [0.717, 1.165) is 18.7 Å². The van der Waals surface area contributed by atoms with Gasteiger partial charge in [0.1, 0.15) is 0 Å². The predicted octanol–water partition coefficient (Wildman–Crippen LogP) is 1.55. The van der Waals surface area contributed by atoms with E-state index in [4.69, 9.17) is 5.14 Å². The Kier molecular flexibility index (Phi) is 4.41. The lowest BCUT2D eigenvalue weighted by molar-refractivity contribution is 0.578. The SMILES string of the molecule is CCCn1nccc1CNc1cccc(S(N)(=O)=O)c1. The number of nitrogens with one attached hydrogen (secondary N) is 1.